The number of benzene rings is 1. The van der Waals surface area contributed by atoms with Gasteiger partial charge >= 0.3 is 5.97 Å². The molecule has 1 aromatic carbocycles. The Morgan fingerprint density at radius 2 is 1.67 bits per heavy atom. The lowest BCUT2D eigenvalue weighted by molar-refractivity contribution is -0.0244. The van der Waals surface area contributed by atoms with E-state index in [0.29, 0.717) is 5.56 Å². The second-order valence-corrected chi connectivity index (χ2v) is 5.25. The number of ether oxygens (including phenoxy) is 1. The van der Waals surface area contributed by atoms with E-state index in [9.17, 15) is 9.18 Å². The lowest BCUT2D eigenvalue weighted by atomic mass is 10.2. The maximum atomic E-state index is 12.9. The molecule has 0 bridgehead atoms. The summed E-state index contributed by atoms with van der Waals surface area (Å²) in [5, 5.41) is 0. The first-order chi connectivity index (χ1) is 10.1. The molecule has 0 aliphatic heterocycles. The highest BCUT2D eigenvalue weighted by molar-refractivity contribution is 5.89. The number of nitrogens with zero attached hydrogens (tertiary/aromatic N) is 1. The molecule has 0 heterocycles. The molecule has 1 atom stereocenters. The van der Waals surface area contributed by atoms with Gasteiger partial charge in [0.2, 0.25) is 0 Å². The van der Waals surface area contributed by atoms with Gasteiger partial charge in [0, 0.05) is 13.1 Å². The van der Waals surface area contributed by atoms with Crippen LogP contribution in [0.15, 0.2) is 24.3 Å². The first kappa shape index (κ1) is 17.6. The Labute approximate surface area is 127 Å². The fourth-order valence-corrected chi connectivity index (χ4v) is 2.08. The normalized spacial score (nSPS) is 12.4. The van der Waals surface area contributed by atoms with Crippen molar-refractivity contribution in [2.45, 2.75) is 52.7 Å². The first-order valence-corrected chi connectivity index (χ1v) is 7.79. The Morgan fingerprint density at radius 3 is 2.14 bits per heavy atom. The summed E-state index contributed by atoms with van der Waals surface area (Å²) in [7, 11) is 0. The van der Waals surface area contributed by atoms with Crippen LogP contribution in [0.2, 0.25) is 0 Å². The minimum atomic E-state index is -0.402. The monoisotopic (exact) mass is 295 g/mol. The van der Waals surface area contributed by atoms with E-state index in [1.54, 1.807) is 0 Å². The van der Waals surface area contributed by atoms with E-state index in [2.05, 4.69) is 18.7 Å². The molecule has 0 saturated carbocycles. The fourth-order valence-electron chi connectivity index (χ4n) is 2.08. The summed E-state index contributed by atoms with van der Waals surface area (Å²) < 4.78 is 18.4. The standard InChI is InChI=1S/C17H26FNO2/c1-4-6-12-19(13-7-5-2)14(3)21-17(20)15-8-10-16(18)11-9-15/h8-11,14H,4-7,12-13H2,1-3H3. The summed E-state index contributed by atoms with van der Waals surface area (Å²) >= 11 is 0. The summed E-state index contributed by atoms with van der Waals surface area (Å²) in [6.07, 6.45) is 4.13. The average Bonchev–Trinajstić information content (AvgIpc) is 2.47. The van der Waals surface area contributed by atoms with Gasteiger partial charge in [0.15, 0.2) is 6.23 Å². The number of rotatable bonds is 9. The first-order valence-electron chi connectivity index (χ1n) is 7.79. The van der Waals surface area contributed by atoms with E-state index in [0.717, 1.165) is 38.8 Å². The van der Waals surface area contributed by atoms with Gasteiger partial charge in [-0.2, -0.15) is 0 Å². The van der Waals surface area contributed by atoms with E-state index in [4.69, 9.17) is 4.74 Å². The average molecular weight is 295 g/mol. The molecule has 0 radical (unpaired) electrons. The van der Waals surface area contributed by atoms with Gasteiger partial charge < -0.3 is 4.74 Å². The van der Waals surface area contributed by atoms with Gasteiger partial charge in [-0.25, -0.2) is 9.18 Å². The zero-order valence-electron chi connectivity index (χ0n) is 13.3. The van der Waals surface area contributed by atoms with Crippen molar-refractivity contribution in [1.82, 2.24) is 4.90 Å². The third-order valence-corrected chi connectivity index (χ3v) is 3.47. The Hall–Kier alpha value is -1.42. The number of halogens is 1. The molecular weight excluding hydrogens is 269 g/mol. The lowest BCUT2D eigenvalue weighted by Gasteiger charge is -2.28. The minimum Gasteiger partial charge on any atom is -0.443 e. The van der Waals surface area contributed by atoms with E-state index < -0.39 is 5.97 Å². The number of unbranched alkanes of at least 4 members (excludes halogenated alkanes) is 2. The van der Waals surface area contributed by atoms with E-state index in [1.807, 2.05) is 6.92 Å². The molecule has 1 aromatic rings. The van der Waals surface area contributed by atoms with Gasteiger partial charge in [-0.15, -0.1) is 0 Å². The summed E-state index contributed by atoms with van der Waals surface area (Å²) in [4.78, 5) is 14.2. The Kier molecular flexibility index (Phi) is 7.98. The van der Waals surface area contributed by atoms with E-state index >= 15 is 0 Å². The molecule has 0 spiro atoms. The van der Waals surface area contributed by atoms with Crippen molar-refractivity contribution < 1.29 is 13.9 Å². The van der Waals surface area contributed by atoms with Crippen molar-refractivity contribution >= 4 is 5.97 Å². The molecule has 118 valence electrons. The Balaban J connectivity index is 2.59. The third-order valence-electron chi connectivity index (χ3n) is 3.47. The van der Waals surface area contributed by atoms with Gasteiger partial charge in [-0.3, -0.25) is 4.90 Å². The van der Waals surface area contributed by atoms with Crippen LogP contribution in [0.1, 0.15) is 56.8 Å². The summed E-state index contributed by atoms with van der Waals surface area (Å²) in [6.45, 7) is 8.04. The van der Waals surface area contributed by atoms with Crippen LogP contribution in [0.25, 0.3) is 0 Å². The topological polar surface area (TPSA) is 29.5 Å². The quantitative estimate of drug-likeness (QED) is 0.504. The molecule has 0 aliphatic rings. The fraction of sp³-hybridized carbons (Fsp3) is 0.588. The highest BCUT2D eigenvalue weighted by atomic mass is 19.1. The van der Waals surface area contributed by atoms with E-state index in [-0.39, 0.29) is 12.0 Å². The molecule has 0 amide bonds. The lowest BCUT2D eigenvalue weighted by Crippen LogP contribution is -2.38. The van der Waals surface area contributed by atoms with Crippen molar-refractivity contribution in [3.05, 3.63) is 35.6 Å². The molecule has 0 saturated heterocycles. The molecule has 0 aromatic heterocycles. The van der Waals surface area contributed by atoms with E-state index in [1.165, 1.54) is 24.3 Å². The smallest absolute Gasteiger partial charge is 0.339 e. The van der Waals surface area contributed by atoms with Crippen LogP contribution in [0, 0.1) is 5.82 Å². The summed E-state index contributed by atoms with van der Waals surface area (Å²) in [5.41, 5.74) is 0.384. The zero-order chi connectivity index (χ0) is 15.7. The van der Waals surface area contributed by atoms with Crippen molar-refractivity contribution in [3.8, 4) is 0 Å². The predicted molar refractivity (Wildman–Crippen MR) is 82.7 cm³/mol. The van der Waals surface area contributed by atoms with Crippen molar-refractivity contribution in [2.75, 3.05) is 13.1 Å². The molecular formula is C17H26FNO2. The van der Waals surface area contributed by atoms with Gasteiger partial charge in [-0.1, -0.05) is 26.7 Å². The second kappa shape index (κ2) is 9.50. The van der Waals surface area contributed by atoms with Crippen LogP contribution < -0.4 is 0 Å². The van der Waals surface area contributed by atoms with Crippen molar-refractivity contribution in [3.63, 3.8) is 0 Å². The van der Waals surface area contributed by atoms with Crippen LogP contribution >= 0.6 is 0 Å². The number of hydrogen-bond donors (Lipinski definition) is 0. The van der Waals surface area contributed by atoms with Gasteiger partial charge in [0.1, 0.15) is 5.82 Å². The van der Waals surface area contributed by atoms with Gasteiger partial charge in [0.25, 0.3) is 0 Å². The van der Waals surface area contributed by atoms with Crippen LogP contribution in [-0.2, 0) is 4.74 Å². The molecule has 1 rings (SSSR count). The highest BCUT2D eigenvalue weighted by Crippen LogP contribution is 2.10. The van der Waals surface area contributed by atoms with Crippen LogP contribution in [0.3, 0.4) is 0 Å². The molecule has 21 heavy (non-hydrogen) atoms. The summed E-state index contributed by atoms with van der Waals surface area (Å²) in [5.74, 6) is -0.757. The maximum Gasteiger partial charge on any atom is 0.339 e. The largest absolute Gasteiger partial charge is 0.443 e. The number of esters is 1. The zero-order valence-corrected chi connectivity index (χ0v) is 13.3. The summed E-state index contributed by atoms with van der Waals surface area (Å²) in [6, 6.07) is 5.44. The second-order valence-electron chi connectivity index (χ2n) is 5.25. The van der Waals surface area contributed by atoms with Crippen LogP contribution in [0.5, 0.6) is 0 Å². The number of carbonyl (C=O) groups is 1. The molecule has 0 fully saturated rings. The number of carbonyl (C=O) groups excluding carboxylic acids is 1. The minimum absolute atomic E-state index is 0.263. The Bertz CT molecular complexity index is 411. The van der Waals surface area contributed by atoms with Crippen molar-refractivity contribution in [2.24, 2.45) is 0 Å². The predicted octanol–water partition coefficient (Wildman–Crippen LogP) is 4.23. The molecule has 0 N–H and O–H groups in total. The molecule has 1 unspecified atom stereocenters. The highest BCUT2D eigenvalue weighted by Gasteiger charge is 2.18. The molecule has 3 nitrogen and oxygen atoms in total. The maximum absolute atomic E-state index is 12.9. The van der Waals surface area contributed by atoms with Crippen LogP contribution in [0.4, 0.5) is 4.39 Å². The number of hydrogen-bond acceptors (Lipinski definition) is 3. The molecule has 0 aliphatic carbocycles. The van der Waals surface area contributed by atoms with Crippen molar-refractivity contribution in [1.29, 1.82) is 0 Å². The third kappa shape index (κ3) is 6.25. The van der Waals surface area contributed by atoms with Gasteiger partial charge in [0.05, 0.1) is 5.56 Å². The van der Waals surface area contributed by atoms with Gasteiger partial charge in [-0.05, 0) is 44.0 Å². The SMILES string of the molecule is CCCCN(CCCC)C(C)OC(=O)c1ccc(F)cc1. The molecule has 4 heteroatoms. The van der Waals surface area contributed by atoms with Crippen LogP contribution in [-0.4, -0.2) is 30.2 Å². The Morgan fingerprint density at radius 1 is 1.14 bits per heavy atom.